The average molecular weight is 268 g/mol. The molecule has 0 unspecified atom stereocenters. The zero-order chi connectivity index (χ0) is 14.4. The Morgan fingerprint density at radius 3 is 2.50 bits per heavy atom. The van der Waals surface area contributed by atoms with E-state index in [9.17, 15) is 4.79 Å². The van der Waals surface area contributed by atoms with Crippen molar-refractivity contribution >= 4 is 5.97 Å². The second-order valence-corrected chi connectivity index (χ2v) is 4.96. The molecule has 0 aliphatic heterocycles. The minimum absolute atomic E-state index is 0.232. The monoisotopic (exact) mass is 268 g/mol. The molecule has 2 aromatic carbocycles. The normalized spacial score (nSPS) is 10.4. The van der Waals surface area contributed by atoms with E-state index < -0.39 is 5.97 Å². The van der Waals surface area contributed by atoms with Crippen LogP contribution in [0.15, 0.2) is 48.5 Å². The van der Waals surface area contributed by atoms with Crippen molar-refractivity contribution in [1.82, 2.24) is 0 Å². The van der Waals surface area contributed by atoms with Crippen molar-refractivity contribution in [2.75, 3.05) is 0 Å². The van der Waals surface area contributed by atoms with Gasteiger partial charge in [-0.1, -0.05) is 55.5 Å². The molecule has 0 atom stereocenters. The molecule has 0 amide bonds. The molecule has 2 nitrogen and oxygen atoms in total. The molecular weight excluding hydrogens is 248 g/mol. The van der Waals surface area contributed by atoms with Crippen molar-refractivity contribution in [3.8, 4) is 11.1 Å². The summed E-state index contributed by atoms with van der Waals surface area (Å²) >= 11 is 0. The lowest BCUT2D eigenvalue weighted by molar-refractivity contribution is -0.137. The smallest absolute Gasteiger partial charge is 0.303 e. The van der Waals surface area contributed by atoms with E-state index in [4.69, 9.17) is 5.11 Å². The van der Waals surface area contributed by atoms with Crippen molar-refractivity contribution in [3.63, 3.8) is 0 Å². The number of aryl methyl sites for hydroxylation is 2. The quantitative estimate of drug-likeness (QED) is 0.847. The van der Waals surface area contributed by atoms with Crippen molar-refractivity contribution in [3.05, 3.63) is 59.7 Å². The molecule has 0 aliphatic rings. The molecule has 104 valence electrons. The van der Waals surface area contributed by atoms with E-state index in [1.165, 1.54) is 22.3 Å². The molecule has 0 aliphatic carbocycles. The van der Waals surface area contributed by atoms with Gasteiger partial charge in [0.05, 0.1) is 0 Å². The Morgan fingerprint density at radius 1 is 1.10 bits per heavy atom. The minimum atomic E-state index is -0.724. The first kappa shape index (κ1) is 14.3. The molecule has 2 heteroatoms. The van der Waals surface area contributed by atoms with Crippen LogP contribution in [0.5, 0.6) is 0 Å². The molecule has 0 saturated heterocycles. The van der Waals surface area contributed by atoms with E-state index in [0.717, 1.165) is 12.8 Å². The maximum atomic E-state index is 10.6. The molecule has 0 bridgehead atoms. The van der Waals surface area contributed by atoms with Crippen LogP contribution in [0.4, 0.5) is 0 Å². The summed E-state index contributed by atoms with van der Waals surface area (Å²) in [5, 5.41) is 8.71. The summed E-state index contributed by atoms with van der Waals surface area (Å²) in [6.07, 6.45) is 2.74. The van der Waals surface area contributed by atoms with E-state index in [-0.39, 0.29) is 6.42 Å². The second kappa shape index (κ2) is 6.90. The van der Waals surface area contributed by atoms with Gasteiger partial charge in [0, 0.05) is 6.42 Å². The van der Waals surface area contributed by atoms with Crippen LogP contribution in [0.3, 0.4) is 0 Å². The lowest BCUT2D eigenvalue weighted by atomic mass is 9.94. The summed E-state index contributed by atoms with van der Waals surface area (Å²) in [6.45, 7) is 2.16. The topological polar surface area (TPSA) is 37.3 Å². The van der Waals surface area contributed by atoms with Gasteiger partial charge >= 0.3 is 5.97 Å². The van der Waals surface area contributed by atoms with Gasteiger partial charge in [-0.3, -0.25) is 4.79 Å². The second-order valence-electron chi connectivity index (χ2n) is 4.96. The molecule has 2 aromatic rings. The van der Waals surface area contributed by atoms with Crippen molar-refractivity contribution in [2.45, 2.75) is 32.6 Å². The number of carbonyl (C=O) groups is 1. The highest BCUT2D eigenvalue weighted by molar-refractivity contribution is 5.68. The molecule has 2 rings (SSSR count). The summed E-state index contributed by atoms with van der Waals surface area (Å²) in [7, 11) is 0. The maximum Gasteiger partial charge on any atom is 0.303 e. The molecule has 0 heterocycles. The van der Waals surface area contributed by atoms with Gasteiger partial charge < -0.3 is 5.11 Å². The molecule has 0 aromatic heterocycles. The van der Waals surface area contributed by atoms with Gasteiger partial charge in [-0.15, -0.1) is 0 Å². The maximum absolute atomic E-state index is 10.6. The lowest BCUT2D eigenvalue weighted by Gasteiger charge is -2.11. The van der Waals surface area contributed by atoms with Crippen LogP contribution in [-0.4, -0.2) is 11.1 Å². The van der Waals surface area contributed by atoms with Gasteiger partial charge in [0.25, 0.3) is 0 Å². The molecule has 20 heavy (non-hydrogen) atoms. The lowest BCUT2D eigenvalue weighted by Crippen LogP contribution is -1.97. The first-order valence-corrected chi connectivity index (χ1v) is 7.09. The van der Waals surface area contributed by atoms with Gasteiger partial charge in [0.2, 0.25) is 0 Å². The van der Waals surface area contributed by atoms with Crippen LogP contribution in [0.2, 0.25) is 0 Å². The predicted octanol–water partition coefficient (Wildman–Crippen LogP) is 4.32. The third-order valence-electron chi connectivity index (χ3n) is 3.50. The summed E-state index contributed by atoms with van der Waals surface area (Å²) in [4.78, 5) is 10.6. The molecule has 0 radical (unpaired) electrons. The SMILES string of the molecule is CCc1ccc(CCCC(=O)O)cc1-c1ccccc1. The summed E-state index contributed by atoms with van der Waals surface area (Å²) < 4.78 is 0. The zero-order valence-electron chi connectivity index (χ0n) is 11.8. The van der Waals surface area contributed by atoms with Gasteiger partial charge in [-0.2, -0.15) is 0 Å². The third kappa shape index (κ3) is 3.70. The van der Waals surface area contributed by atoms with E-state index in [1.807, 2.05) is 18.2 Å². The number of aliphatic carboxylic acids is 1. The van der Waals surface area contributed by atoms with Crippen LogP contribution in [0.25, 0.3) is 11.1 Å². The summed E-state index contributed by atoms with van der Waals surface area (Å²) in [6, 6.07) is 16.8. The van der Waals surface area contributed by atoms with E-state index >= 15 is 0 Å². The molecule has 0 saturated carbocycles. The number of hydrogen-bond acceptors (Lipinski definition) is 1. The Morgan fingerprint density at radius 2 is 1.85 bits per heavy atom. The van der Waals surface area contributed by atoms with Gasteiger partial charge in [-0.25, -0.2) is 0 Å². The highest BCUT2D eigenvalue weighted by atomic mass is 16.4. The first-order valence-electron chi connectivity index (χ1n) is 7.09. The van der Waals surface area contributed by atoms with E-state index in [2.05, 4.69) is 37.3 Å². The highest BCUT2D eigenvalue weighted by Crippen LogP contribution is 2.26. The van der Waals surface area contributed by atoms with Crippen molar-refractivity contribution in [1.29, 1.82) is 0 Å². The van der Waals surface area contributed by atoms with Gasteiger partial charge in [0.1, 0.15) is 0 Å². The van der Waals surface area contributed by atoms with E-state index in [1.54, 1.807) is 0 Å². The zero-order valence-corrected chi connectivity index (χ0v) is 11.8. The van der Waals surface area contributed by atoms with Crippen LogP contribution >= 0.6 is 0 Å². The molecule has 1 N–H and O–H groups in total. The van der Waals surface area contributed by atoms with Crippen molar-refractivity contribution < 1.29 is 9.90 Å². The van der Waals surface area contributed by atoms with Crippen LogP contribution in [0, 0.1) is 0 Å². The van der Waals surface area contributed by atoms with Crippen molar-refractivity contribution in [2.24, 2.45) is 0 Å². The summed E-state index contributed by atoms with van der Waals surface area (Å²) in [5.41, 5.74) is 5.03. The fourth-order valence-electron chi connectivity index (χ4n) is 2.42. The number of carboxylic acids is 1. The number of carboxylic acid groups (broad SMARTS) is 1. The van der Waals surface area contributed by atoms with Crippen LogP contribution < -0.4 is 0 Å². The Balaban J connectivity index is 2.23. The van der Waals surface area contributed by atoms with Gasteiger partial charge in [0.15, 0.2) is 0 Å². The third-order valence-corrected chi connectivity index (χ3v) is 3.50. The van der Waals surface area contributed by atoms with Crippen LogP contribution in [-0.2, 0) is 17.6 Å². The number of rotatable bonds is 6. The molecule has 0 spiro atoms. The average Bonchev–Trinajstić information content (AvgIpc) is 2.47. The van der Waals surface area contributed by atoms with Gasteiger partial charge in [-0.05, 0) is 41.5 Å². The molecular formula is C18H20O2. The molecule has 0 fully saturated rings. The Bertz CT molecular complexity index is 573. The van der Waals surface area contributed by atoms with E-state index in [0.29, 0.717) is 6.42 Å². The number of hydrogen-bond donors (Lipinski definition) is 1. The first-order chi connectivity index (χ1) is 9.70. The predicted molar refractivity (Wildman–Crippen MR) is 81.8 cm³/mol. The largest absolute Gasteiger partial charge is 0.481 e. The Labute approximate surface area is 120 Å². The number of benzene rings is 2. The fourth-order valence-corrected chi connectivity index (χ4v) is 2.42. The fraction of sp³-hybridized carbons (Fsp3) is 0.278. The minimum Gasteiger partial charge on any atom is -0.481 e. The Kier molecular flexibility index (Phi) is 4.94. The standard InChI is InChI=1S/C18H20O2/c1-2-15-12-11-14(7-6-10-18(19)20)13-17(15)16-8-4-3-5-9-16/h3-5,8-9,11-13H,2,6-7,10H2,1H3,(H,19,20). The summed E-state index contributed by atoms with van der Waals surface area (Å²) in [5.74, 6) is -0.724. The Hall–Kier alpha value is -2.09. The highest BCUT2D eigenvalue weighted by Gasteiger charge is 2.06. The van der Waals surface area contributed by atoms with Crippen LogP contribution in [0.1, 0.15) is 30.9 Å².